The van der Waals surface area contributed by atoms with E-state index in [4.69, 9.17) is 5.11 Å². The molecule has 0 aromatic rings. The summed E-state index contributed by atoms with van der Waals surface area (Å²) in [4.78, 5) is 0. The standard InChI is InChI=1S/C20H40O2/c1-3-4-5-6-7-8-9-10-11-12-13-14-16-19(2)20(22)17-15-18-21/h16,20-22H,3-15,17-18H2,1-2H3. The van der Waals surface area contributed by atoms with Gasteiger partial charge in [0.05, 0.1) is 6.10 Å². The Kier molecular flexibility index (Phi) is 16.8. The van der Waals surface area contributed by atoms with Gasteiger partial charge in [0.15, 0.2) is 0 Å². The third kappa shape index (κ3) is 14.6. The molecule has 0 fully saturated rings. The Bertz CT molecular complexity index is 248. The summed E-state index contributed by atoms with van der Waals surface area (Å²) >= 11 is 0. The highest BCUT2D eigenvalue weighted by molar-refractivity contribution is 5.04. The van der Waals surface area contributed by atoms with Crippen LogP contribution in [-0.4, -0.2) is 22.9 Å². The van der Waals surface area contributed by atoms with Gasteiger partial charge in [-0.2, -0.15) is 0 Å². The van der Waals surface area contributed by atoms with E-state index in [2.05, 4.69) is 13.0 Å². The lowest BCUT2D eigenvalue weighted by molar-refractivity contribution is 0.180. The van der Waals surface area contributed by atoms with Gasteiger partial charge in [-0.15, -0.1) is 0 Å². The molecule has 0 aliphatic heterocycles. The summed E-state index contributed by atoms with van der Waals surface area (Å²) in [5.74, 6) is 0. The van der Waals surface area contributed by atoms with Crippen molar-refractivity contribution in [1.82, 2.24) is 0 Å². The Morgan fingerprint density at radius 3 is 1.82 bits per heavy atom. The van der Waals surface area contributed by atoms with Crippen molar-refractivity contribution in [2.75, 3.05) is 6.61 Å². The zero-order valence-corrected chi connectivity index (χ0v) is 15.2. The molecule has 0 aromatic heterocycles. The van der Waals surface area contributed by atoms with Gasteiger partial charge in [0.25, 0.3) is 0 Å². The summed E-state index contributed by atoms with van der Waals surface area (Å²) in [6.07, 6.45) is 19.4. The van der Waals surface area contributed by atoms with E-state index in [1.807, 2.05) is 6.92 Å². The van der Waals surface area contributed by atoms with Crippen LogP contribution in [0.15, 0.2) is 11.6 Å². The molecule has 0 saturated carbocycles. The Labute approximate surface area is 139 Å². The molecule has 0 aliphatic carbocycles. The number of allylic oxidation sites excluding steroid dienone is 1. The third-order valence-corrected chi connectivity index (χ3v) is 4.44. The van der Waals surface area contributed by atoms with Crippen LogP contribution in [0.25, 0.3) is 0 Å². The Balaban J connectivity index is 3.31. The van der Waals surface area contributed by atoms with Crippen LogP contribution in [-0.2, 0) is 0 Å². The van der Waals surface area contributed by atoms with Crippen LogP contribution in [0, 0.1) is 0 Å². The highest BCUT2D eigenvalue weighted by Gasteiger charge is 2.04. The molecule has 1 atom stereocenters. The predicted octanol–water partition coefficient (Wildman–Crippen LogP) is 5.77. The second kappa shape index (κ2) is 17.0. The average molecular weight is 313 g/mol. The van der Waals surface area contributed by atoms with Crippen LogP contribution < -0.4 is 0 Å². The van der Waals surface area contributed by atoms with E-state index in [1.165, 1.54) is 70.6 Å². The highest BCUT2D eigenvalue weighted by atomic mass is 16.3. The molecular formula is C20H40O2. The third-order valence-electron chi connectivity index (χ3n) is 4.44. The Morgan fingerprint density at radius 2 is 1.32 bits per heavy atom. The number of hydrogen-bond donors (Lipinski definition) is 2. The normalized spacial score (nSPS) is 13.5. The number of hydrogen-bond acceptors (Lipinski definition) is 2. The zero-order chi connectivity index (χ0) is 16.5. The highest BCUT2D eigenvalue weighted by Crippen LogP contribution is 2.14. The molecule has 0 amide bonds. The minimum absolute atomic E-state index is 0.170. The molecule has 0 spiro atoms. The fourth-order valence-electron chi connectivity index (χ4n) is 2.79. The van der Waals surface area contributed by atoms with Crippen LogP contribution in [0.2, 0.25) is 0 Å². The van der Waals surface area contributed by atoms with Crippen molar-refractivity contribution in [2.24, 2.45) is 0 Å². The first-order valence-corrected chi connectivity index (χ1v) is 9.68. The van der Waals surface area contributed by atoms with Crippen molar-refractivity contribution in [2.45, 2.75) is 110 Å². The predicted molar refractivity (Wildman–Crippen MR) is 97.2 cm³/mol. The molecule has 2 nitrogen and oxygen atoms in total. The molecule has 0 rings (SSSR count). The van der Waals surface area contributed by atoms with Crippen molar-refractivity contribution in [3.05, 3.63) is 11.6 Å². The maximum atomic E-state index is 9.85. The van der Waals surface area contributed by atoms with Gasteiger partial charge in [-0.3, -0.25) is 0 Å². The van der Waals surface area contributed by atoms with Crippen LogP contribution in [0.4, 0.5) is 0 Å². The van der Waals surface area contributed by atoms with Crippen LogP contribution in [0.3, 0.4) is 0 Å². The smallest absolute Gasteiger partial charge is 0.0748 e. The van der Waals surface area contributed by atoms with E-state index < -0.39 is 0 Å². The molecule has 1 unspecified atom stereocenters. The molecule has 2 heteroatoms. The Morgan fingerprint density at radius 1 is 0.818 bits per heavy atom. The van der Waals surface area contributed by atoms with E-state index in [0.717, 1.165) is 12.0 Å². The number of aliphatic hydroxyl groups is 2. The monoisotopic (exact) mass is 312 g/mol. The largest absolute Gasteiger partial charge is 0.396 e. The topological polar surface area (TPSA) is 40.5 Å². The van der Waals surface area contributed by atoms with Crippen molar-refractivity contribution in [3.8, 4) is 0 Å². The molecule has 132 valence electrons. The molecule has 0 aromatic carbocycles. The van der Waals surface area contributed by atoms with Crippen molar-refractivity contribution in [1.29, 1.82) is 0 Å². The van der Waals surface area contributed by atoms with Crippen LogP contribution in [0.5, 0.6) is 0 Å². The molecule has 2 N–H and O–H groups in total. The fraction of sp³-hybridized carbons (Fsp3) is 0.900. The Hall–Kier alpha value is -0.340. The van der Waals surface area contributed by atoms with Gasteiger partial charge in [0.1, 0.15) is 0 Å². The maximum Gasteiger partial charge on any atom is 0.0748 e. The van der Waals surface area contributed by atoms with Crippen molar-refractivity contribution < 1.29 is 10.2 Å². The molecule has 0 bridgehead atoms. The number of aliphatic hydroxyl groups excluding tert-OH is 2. The lowest BCUT2D eigenvalue weighted by Crippen LogP contribution is -2.08. The second-order valence-corrected chi connectivity index (χ2v) is 6.65. The van der Waals surface area contributed by atoms with Gasteiger partial charge in [-0.25, -0.2) is 0 Å². The van der Waals surface area contributed by atoms with E-state index in [0.29, 0.717) is 12.8 Å². The van der Waals surface area contributed by atoms with Gasteiger partial charge in [-0.1, -0.05) is 77.2 Å². The van der Waals surface area contributed by atoms with E-state index in [-0.39, 0.29) is 12.7 Å². The molecule has 22 heavy (non-hydrogen) atoms. The van der Waals surface area contributed by atoms with Gasteiger partial charge in [0.2, 0.25) is 0 Å². The summed E-state index contributed by atoms with van der Waals surface area (Å²) in [5.41, 5.74) is 1.07. The maximum absolute atomic E-state index is 9.85. The number of rotatable bonds is 16. The first-order chi connectivity index (χ1) is 10.7. The molecule has 0 saturated heterocycles. The summed E-state index contributed by atoms with van der Waals surface area (Å²) in [7, 11) is 0. The zero-order valence-electron chi connectivity index (χ0n) is 15.2. The van der Waals surface area contributed by atoms with E-state index in [1.54, 1.807) is 0 Å². The average Bonchev–Trinajstić information content (AvgIpc) is 2.53. The van der Waals surface area contributed by atoms with Crippen molar-refractivity contribution >= 4 is 0 Å². The van der Waals surface area contributed by atoms with Gasteiger partial charge in [0, 0.05) is 6.61 Å². The molecular weight excluding hydrogens is 272 g/mol. The minimum atomic E-state index is -0.361. The SMILES string of the molecule is CCCCCCCCCCCCCC=C(C)C(O)CCCO. The summed E-state index contributed by atoms with van der Waals surface area (Å²) in [6.45, 7) is 4.44. The molecule has 0 heterocycles. The second-order valence-electron chi connectivity index (χ2n) is 6.65. The summed E-state index contributed by atoms with van der Waals surface area (Å²) < 4.78 is 0. The van der Waals surface area contributed by atoms with Gasteiger partial charge < -0.3 is 10.2 Å². The van der Waals surface area contributed by atoms with Crippen molar-refractivity contribution in [3.63, 3.8) is 0 Å². The summed E-state index contributed by atoms with van der Waals surface area (Å²) in [6, 6.07) is 0. The van der Waals surface area contributed by atoms with Crippen LogP contribution >= 0.6 is 0 Å². The molecule has 0 radical (unpaired) electrons. The first-order valence-electron chi connectivity index (χ1n) is 9.68. The molecule has 0 aliphatic rings. The summed E-state index contributed by atoms with van der Waals surface area (Å²) in [5, 5.41) is 18.6. The lowest BCUT2D eigenvalue weighted by Gasteiger charge is -2.10. The van der Waals surface area contributed by atoms with E-state index >= 15 is 0 Å². The number of unbranched alkanes of at least 4 members (excludes halogenated alkanes) is 11. The minimum Gasteiger partial charge on any atom is -0.396 e. The first kappa shape index (κ1) is 21.7. The van der Waals surface area contributed by atoms with E-state index in [9.17, 15) is 5.11 Å². The quantitative estimate of drug-likeness (QED) is 0.281. The van der Waals surface area contributed by atoms with Gasteiger partial charge >= 0.3 is 0 Å². The lowest BCUT2D eigenvalue weighted by atomic mass is 10.0. The fourth-order valence-corrected chi connectivity index (χ4v) is 2.79. The van der Waals surface area contributed by atoms with Gasteiger partial charge in [-0.05, 0) is 38.2 Å². The van der Waals surface area contributed by atoms with Crippen LogP contribution in [0.1, 0.15) is 104 Å².